The molecule has 1 aliphatic rings. The first-order valence-corrected chi connectivity index (χ1v) is 19.1. The maximum Gasteiger partial charge on any atom is 0.136 e. The van der Waals surface area contributed by atoms with E-state index in [2.05, 4.69) is 207 Å². The average Bonchev–Trinajstić information content (AvgIpc) is 3.73. The van der Waals surface area contributed by atoms with Crippen molar-refractivity contribution in [1.82, 2.24) is 0 Å². The second-order valence-electron chi connectivity index (χ2n) is 15.3. The lowest BCUT2D eigenvalue weighted by Crippen LogP contribution is -2.17. The largest absolute Gasteiger partial charge is 0.456 e. The number of fused-ring (bicyclic) bond motifs is 9. The number of para-hydroxylation sites is 1. The van der Waals surface area contributed by atoms with Gasteiger partial charge in [-0.2, -0.15) is 0 Å². The van der Waals surface area contributed by atoms with Crippen molar-refractivity contribution in [2.75, 3.05) is 4.90 Å². The Morgan fingerprint density at radius 1 is 0.418 bits per heavy atom. The van der Waals surface area contributed by atoms with Crippen molar-refractivity contribution in [1.29, 1.82) is 0 Å². The summed E-state index contributed by atoms with van der Waals surface area (Å²) < 4.78 is 6.58. The maximum atomic E-state index is 6.58. The standard InChI is InChI=1S/C53H37NO/c1-53(2)46-21-10-8-19-43(46)44-28-26-40(33-47(44)53)54(39-25-27-42-37(32-39)24-23-35-15-6-7-18-41(35)42)48-29-30-50-52(45-20-9-11-22-49(45)55-50)51(48)38-17-12-16-36(31-38)34-13-4-3-5-14-34/h3-33H,1-2H3. The lowest BCUT2D eigenvalue weighted by molar-refractivity contribution is 0.660. The van der Waals surface area contributed by atoms with Crippen LogP contribution >= 0.6 is 0 Å². The summed E-state index contributed by atoms with van der Waals surface area (Å²) in [5.41, 5.74) is 14.9. The van der Waals surface area contributed by atoms with Crippen LogP contribution in [0.25, 0.3) is 76.9 Å². The number of benzene rings is 9. The summed E-state index contributed by atoms with van der Waals surface area (Å²) in [5, 5.41) is 7.19. The highest BCUT2D eigenvalue weighted by molar-refractivity contribution is 6.17. The van der Waals surface area contributed by atoms with Gasteiger partial charge in [-0.25, -0.2) is 0 Å². The van der Waals surface area contributed by atoms with Crippen LogP contribution in [0.2, 0.25) is 0 Å². The van der Waals surface area contributed by atoms with E-state index in [4.69, 9.17) is 4.42 Å². The van der Waals surface area contributed by atoms with E-state index in [0.29, 0.717) is 0 Å². The van der Waals surface area contributed by atoms with E-state index in [1.54, 1.807) is 0 Å². The van der Waals surface area contributed by atoms with Crippen molar-refractivity contribution in [2.24, 2.45) is 0 Å². The molecule has 10 aromatic rings. The van der Waals surface area contributed by atoms with Gasteiger partial charge in [-0.1, -0.05) is 153 Å². The summed E-state index contributed by atoms with van der Waals surface area (Å²) in [6, 6.07) is 68.5. The van der Waals surface area contributed by atoms with Gasteiger partial charge in [0.15, 0.2) is 0 Å². The molecule has 1 heterocycles. The minimum absolute atomic E-state index is 0.145. The van der Waals surface area contributed by atoms with E-state index in [1.165, 1.54) is 54.9 Å². The predicted octanol–water partition coefficient (Wildman–Crippen LogP) is 15.0. The highest BCUT2D eigenvalue weighted by Gasteiger charge is 2.36. The zero-order valence-corrected chi connectivity index (χ0v) is 30.8. The van der Waals surface area contributed by atoms with E-state index in [1.807, 2.05) is 0 Å². The smallest absolute Gasteiger partial charge is 0.136 e. The highest BCUT2D eigenvalue weighted by atomic mass is 16.3. The van der Waals surface area contributed by atoms with Crippen LogP contribution in [0.3, 0.4) is 0 Å². The SMILES string of the molecule is CC1(C)c2ccccc2-c2ccc(N(c3ccc4c(ccc5ccccc54)c3)c3ccc4oc5ccccc5c4c3-c3cccc(-c4ccccc4)c3)cc21. The molecule has 0 spiro atoms. The van der Waals surface area contributed by atoms with Crippen LogP contribution in [-0.2, 0) is 5.41 Å². The first-order valence-electron chi connectivity index (χ1n) is 19.1. The predicted molar refractivity (Wildman–Crippen MR) is 232 cm³/mol. The fourth-order valence-corrected chi connectivity index (χ4v) is 9.17. The van der Waals surface area contributed by atoms with Gasteiger partial charge in [0.2, 0.25) is 0 Å². The van der Waals surface area contributed by atoms with Gasteiger partial charge in [0.25, 0.3) is 0 Å². The molecule has 55 heavy (non-hydrogen) atoms. The van der Waals surface area contributed by atoms with Crippen LogP contribution in [-0.4, -0.2) is 0 Å². The number of anilines is 3. The zero-order chi connectivity index (χ0) is 36.7. The van der Waals surface area contributed by atoms with Gasteiger partial charge in [0, 0.05) is 33.1 Å². The van der Waals surface area contributed by atoms with Crippen molar-refractivity contribution in [3.05, 3.63) is 199 Å². The molecule has 0 atom stereocenters. The van der Waals surface area contributed by atoms with Crippen molar-refractivity contribution >= 4 is 60.5 Å². The van der Waals surface area contributed by atoms with E-state index >= 15 is 0 Å². The van der Waals surface area contributed by atoms with Crippen LogP contribution in [0.5, 0.6) is 0 Å². The van der Waals surface area contributed by atoms with Crippen molar-refractivity contribution in [2.45, 2.75) is 19.3 Å². The Hall–Kier alpha value is -6.90. The van der Waals surface area contributed by atoms with E-state index in [-0.39, 0.29) is 5.41 Å². The first kappa shape index (κ1) is 31.6. The lowest BCUT2D eigenvalue weighted by atomic mass is 9.82. The van der Waals surface area contributed by atoms with Crippen LogP contribution < -0.4 is 4.90 Å². The summed E-state index contributed by atoms with van der Waals surface area (Å²) in [6.45, 7) is 4.72. The van der Waals surface area contributed by atoms with Gasteiger partial charge in [0.05, 0.1) is 5.69 Å². The first-order chi connectivity index (χ1) is 27.0. The minimum Gasteiger partial charge on any atom is -0.456 e. The highest BCUT2D eigenvalue weighted by Crippen LogP contribution is 2.53. The lowest BCUT2D eigenvalue weighted by Gasteiger charge is -2.30. The molecule has 0 amide bonds. The molecule has 9 aromatic carbocycles. The molecule has 2 nitrogen and oxygen atoms in total. The quantitative estimate of drug-likeness (QED) is 0.166. The molecule has 0 fully saturated rings. The van der Waals surface area contributed by atoms with Crippen molar-refractivity contribution < 1.29 is 4.42 Å². The Morgan fingerprint density at radius 3 is 2.00 bits per heavy atom. The molecule has 0 bridgehead atoms. The summed E-state index contributed by atoms with van der Waals surface area (Å²) in [7, 11) is 0. The third-order valence-electron chi connectivity index (χ3n) is 11.8. The Balaban J connectivity index is 1.22. The van der Waals surface area contributed by atoms with Crippen LogP contribution in [0.4, 0.5) is 17.1 Å². The molecule has 0 saturated carbocycles. The van der Waals surface area contributed by atoms with E-state index in [9.17, 15) is 0 Å². The monoisotopic (exact) mass is 703 g/mol. The Kier molecular flexibility index (Phi) is 6.93. The van der Waals surface area contributed by atoms with Gasteiger partial charge in [-0.15, -0.1) is 0 Å². The second kappa shape index (κ2) is 12.1. The topological polar surface area (TPSA) is 16.4 Å². The fraction of sp³-hybridized carbons (Fsp3) is 0.0566. The molecule has 0 radical (unpaired) electrons. The number of hydrogen-bond acceptors (Lipinski definition) is 2. The minimum atomic E-state index is -0.145. The van der Waals surface area contributed by atoms with E-state index in [0.717, 1.165) is 50.1 Å². The number of hydrogen-bond donors (Lipinski definition) is 0. The van der Waals surface area contributed by atoms with Gasteiger partial charge in [-0.3, -0.25) is 0 Å². The van der Waals surface area contributed by atoms with Gasteiger partial charge >= 0.3 is 0 Å². The van der Waals surface area contributed by atoms with Gasteiger partial charge in [-0.05, 0) is 109 Å². The van der Waals surface area contributed by atoms with E-state index < -0.39 is 0 Å². The summed E-state index contributed by atoms with van der Waals surface area (Å²) in [4.78, 5) is 2.47. The molecule has 11 rings (SSSR count). The third kappa shape index (κ3) is 4.88. The summed E-state index contributed by atoms with van der Waals surface area (Å²) >= 11 is 0. The van der Waals surface area contributed by atoms with Crippen LogP contribution in [0.1, 0.15) is 25.0 Å². The van der Waals surface area contributed by atoms with Crippen molar-refractivity contribution in [3.63, 3.8) is 0 Å². The molecular weight excluding hydrogens is 667 g/mol. The Morgan fingerprint density at radius 2 is 1.09 bits per heavy atom. The molecule has 0 aliphatic heterocycles. The molecule has 260 valence electrons. The van der Waals surface area contributed by atoms with Gasteiger partial charge < -0.3 is 9.32 Å². The maximum absolute atomic E-state index is 6.58. The molecule has 0 saturated heterocycles. The van der Waals surface area contributed by atoms with Gasteiger partial charge in [0.1, 0.15) is 11.2 Å². The average molecular weight is 704 g/mol. The van der Waals surface area contributed by atoms with Crippen molar-refractivity contribution in [3.8, 4) is 33.4 Å². The third-order valence-corrected chi connectivity index (χ3v) is 11.8. The Labute approximate surface area is 320 Å². The Bertz CT molecular complexity index is 3130. The number of furan rings is 1. The summed E-state index contributed by atoms with van der Waals surface area (Å²) in [6.07, 6.45) is 0. The molecule has 1 aliphatic carbocycles. The molecule has 0 N–H and O–H groups in total. The molecule has 2 heteroatoms. The number of rotatable bonds is 5. The second-order valence-corrected chi connectivity index (χ2v) is 15.3. The van der Waals surface area contributed by atoms with Crippen LogP contribution in [0, 0.1) is 0 Å². The molecule has 1 aromatic heterocycles. The zero-order valence-electron chi connectivity index (χ0n) is 30.8. The molecule has 0 unspecified atom stereocenters. The number of nitrogens with zero attached hydrogens (tertiary/aromatic N) is 1. The molecular formula is C53H37NO. The summed E-state index contributed by atoms with van der Waals surface area (Å²) in [5.74, 6) is 0. The van der Waals surface area contributed by atoms with Crippen LogP contribution in [0.15, 0.2) is 192 Å². The normalized spacial score (nSPS) is 13.1. The fourth-order valence-electron chi connectivity index (χ4n) is 9.17.